The van der Waals surface area contributed by atoms with E-state index >= 15 is 0 Å². The van der Waals surface area contributed by atoms with Gasteiger partial charge in [-0.2, -0.15) is 0 Å². The largest absolute Gasteiger partial charge is 0.308 e. The van der Waals surface area contributed by atoms with Gasteiger partial charge in [0.15, 0.2) is 6.29 Å². The highest BCUT2D eigenvalue weighted by Gasteiger charge is 2.12. The molecule has 2 rings (SSSR count). The van der Waals surface area contributed by atoms with Gasteiger partial charge in [0.25, 0.3) is 5.56 Å². The van der Waals surface area contributed by atoms with Gasteiger partial charge in [-0.1, -0.05) is 30.1 Å². The molecule has 1 aromatic heterocycles. The van der Waals surface area contributed by atoms with E-state index in [1.807, 2.05) is 6.92 Å². The van der Waals surface area contributed by atoms with Crippen LogP contribution < -0.4 is 5.56 Å². The minimum Gasteiger partial charge on any atom is -0.308 e. The Morgan fingerprint density at radius 2 is 1.95 bits per heavy atom. The van der Waals surface area contributed by atoms with Crippen molar-refractivity contribution in [3.05, 3.63) is 56.3 Å². The molecule has 0 aliphatic carbocycles. The van der Waals surface area contributed by atoms with E-state index in [9.17, 15) is 9.59 Å². The van der Waals surface area contributed by atoms with Crippen LogP contribution in [0.15, 0.2) is 35.1 Å². The number of carbonyl (C=O) groups excluding carboxylic acids is 1. The summed E-state index contributed by atoms with van der Waals surface area (Å²) in [7, 11) is 0. The molecule has 104 valence electrons. The summed E-state index contributed by atoms with van der Waals surface area (Å²) in [6, 6.07) is 8.37. The molecule has 2 aromatic rings. The first-order chi connectivity index (χ1) is 9.58. The van der Waals surface area contributed by atoms with Crippen molar-refractivity contribution in [1.29, 1.82) is 0 Å². The highest BCUT2D eigenvalue weighted by atomic mass is 35.5. The van der Waals surface area contributed by atoms with Crippen molar-refractivity contribution in [3.63, 3.8) is 0 Å². The summed E-state index contributed by atoms with van der Waals surface area (Å²) in [5, 5.41) is 1.01. The van der Waals surface area contributed by atoms with E-state index < -0.39 is 0 Å². The molecule has 3 nitrogen and oxygen atoms in total. The quantitative estimate of drug-likeness (QED) is 0.799. The first-order valence-electron chi connectivity index (χ1n) is 6.23. The molecule has 0 N–H and O–H groups in total. The van der Waals surface area contributed by atoms with E-state index in [4.69, 9.17) is 23.2 Å². The second-order valence-electron chi connectivity index (χ2n) is 4.37. The molecule has 0 aliphatic rings. The van der Waals surface area contributed by atoms with Gasteiger partial charge in [0.2, 0.25) is 0 Å². The Labute approximate surface area is 126 Å². The average Bonchev–Trinajstić information content (AvgIpc) is 2.42. The van der Waals surface area contributed by atoms with E-state index in [2.05, 4.69) is 0 Å². The van der Waals surface area contributed by atoms with Gasteiger partial charge in [0.1, 0.15) is 0 Å². The molecule has 0 radical (unpaired) electrons. The molecule has 0 unspecified atom stereocenters. The fraction of sp³-hybridized carbons (Fsp3) is 0.200. The van der Waals surface area contributed by atoms with Crippen molar-refractivity contribution in [2.45, 2.75) is 19.9 Å². The van der Waals surface area contributed by atoms with Crippen LogP contribution in [-0.2, 0) is 6.54 Å². The Morgan fingerprint density at radius 3 is 2.55 bits per heavy atom. The second kappa shape index (κ2) is 6.25. The number of benzene rings is 1. The summed E-state index contributed by atoms with van der Waals surface area (Å²) in [4.78, 5) is 23.1. The molecule has 0 saturated carbocycles. The second-order valence-corrected chi connectivity index (χ2v) is 5.22. The van der Waals surface area contributed by atoms with Crippen molar-refractivity contribution in [2.75, 3.05) is 0 Å². The lowest BCUT2D eigenvalue weighted by Gasteiger charge is -2.14. The van der Waals surface area contributed by atoms with Gasteiger partial charge in [-0.05, 0) is 36.8 Å². The van der Waals surface area contributed by atoms with Gasteiger partial charge in [-0.25, -0.2) is 0 Å². The van der Waals surface area contributed by atoms with Crippen LogP contribution >= 0.6 is 23.2 Å². The van der Waals surface area contributed by atoms with Crippen LogP contribution in [0.5, 0.6) is 0 Å². The molecule has 0 bridgehead atoms. The number of aldehydes is 1. The number of halogens is 2. The maximum Gasteiger partial charge on any atom is 0.261 e. The zero-order chi connectivity index (χ0) is 14.7. The predicted molar refractivity (Wildman–Crippen MR) is 81.8 cm³/mol. The molecule has 0 saturated heterocycles. The first kappa shape index (κ1) is 14.8. The summed E-state index contributed by atoms with van der Waals surface area (Å²) in [5.41, 5.74) is 1.25. The van der Waals surface area contributed by atoms with Crippen molar-refractivity contribution < 1.29 is 4.79 Å². The maximum absolute atomic E-state index is 12.2. The van der Waals surface area contributed by atoms with E-state index in [1.165, 1.54) is 6.07 Å². The minimum absolute atomic E-state index is 0.146. The van der Waals surface area contributed by atoms with Gasteiger partial charge in [-0.3, -0.25) is 9.59 Å². The Bertz CT molecular complexity index is 708. The van der Waals surface area contributed by atoms with Crippen LogP contribution in [-0.4, -0.2) is 10.9 Å². The summed E-state index contributed by atoms with van der Waals surface area (Å²) >= 11 is 12.1. The molecule has 20 heavy (non-hydrogen) atoms. The zero-order valence-electron chi connectivity index (χ0n) is 10.9. The zero-order valence-corrected chi connectivity index (χ0v) is 12.4. The highest BCUT2D eigenvalue weighted by Crippen LogP contribution is 2.29. The van der Waals surface area contributed by atoms with Crippen LogP contribution in [0.3, 0.4) is 0 Å². The number of hydrogen-bond acceptors (Lipinski definition) is 2. The predicted octanol–water partition coefficient (Wildman–Crippen LogP) is 4.04. The lowest BCUT2D eigenvalue weighted by atomic mass is 10.1. The first-order valence-corrected chi connectivity index (χ1v) is 6.98. The van der Waals surface area contributed by atoms with Gasteiger partial charge in [-0.15, -0.1) is 0 Å². The normalized spacial score (nSPS) is 10.6. The van der Waals surface area contributed by atoms with E-state index in [1.54, 1.807) is 28.8 Å². The molecule has 0 atom stereocenters. The standard InChI is InChI=1S/C15H13Cl2NO2/c1-2-7-18-14(6-3-10(9-19)15(18)20)12-5-4-11(16)8-13(12)17/h3-6,8-9H,2,7H2,1H3. The fourth-order valence-corrected chi connectivity index (χ4v) is 2.57. The monoisotopic (exact) mass is 309 g/mol. The Hall–Kier alpha value is -1.58. The number of hydrogen-bond donors (Lipinski definition) is 0. The summed E-state index contributed by atoms with van der Waals surface area (Å²) in [6.45, 7) is 2.49. The lowest BCUT2D eigenvalue weighted by molar-refractivity contribution is 0.112. The molecule has 0 spiro atoms. The van der Waals surface area contributed by atoms with Crippen LogP contribution in [0.25, 0.3) is 11.3 Å². The minimum atomic E-state index is -0.301. The topological polar surface area (TPSA) is 39.1 Å². The van der Waals surface area contributed by atoms with Crippen LogP contribution in [0.1, 0.15) is 23.7 Å². The maximum atomic E-state index is 12.2. The van der Waals surface area contributed by atoms with Crippen molar-refractivity contribution in [1.82, 2.24) is 4.57 Å². The number of nitrogens with zero attached hydrogens (tertiary/aromatic N) is 1. The van der Waals surface area contributed by atoms with Crippen molar-refractivity contribution in [2.24, 2.45) is 0 Å². The molecule has 1 heterocycles. The number of pyridine rings is 1. The smallest absolute Gasteiger partial charge is 0.261 e. The summed E-state index contributed by atoms with van der Waals surface area (Å²) < 4.78 is 1.57. The van der Waals surface area contributed by atoms with E-state index in [-0.39, 0.29) is 11.1 Å². The van der Waals surface area contributed by atoms with Gasteiger partial charge in [0, 0.05) is 17.1 Å². The Morgan fingerprint density at radius 1 is 1.20 bits per heavy atom. The molecular formula is C15H13Cl2NO2. The number of aromatic nitrogens is 1. The van der Waals surface area contributed by atoms with Crippen LogP contribution in [0.2, 0.25) is 10.0 Å². The summed E-state index contributed by atoms with van der Waals surface area (Å²) in [6.07, 6.45) is 1.35. The molecule has 0 amide bonds. The van der Waals surface area contributed by atoms with Crippen LogP contribution in [0.4, 0.5) is 0 Å². The SMILES string of the molecule is CCCn1c(-c2ccc(Cl)cc2Cl)ccc(C=O)c1=O. The lowest BCUT2D eigenvalue weighted by Crippen LogP contribution is -2.24. The van der Waals surface area contributed by atoms with Crippen molar-refractivity contribution in [3.8, 4) is 11.3 Å². The molecule has 0 aliphatic heterocycles. The molecule has 1 aromatic carbocycles. The van der Waals surface area contributed by atoms with Crippen LogP contribution in [0, 0.1) is 0 Å². The van der Waals surface area contributed by atoms with E-state index in [0.717, 1.165) is 12.0 Å². The molecular weight excluding hydrogens is 297 g/mol. The average molecular weight is 310 g/mol. The third-order valence-electron chi connectivity index (χ3n) is 2.98. The third-order valence-corrected chi connectivity index (χ3v) is 3.53. The van der Waals surface area contributed by atoms with Gasteiger partial charge in [0.05, 0.1) is 16.3 Å². The highest BCUT2D eigenvalue weighted by molar-refractivity contribution is 6.36. The molecule has 5 heteroatoms. The fourth-order valence-electron chi connectivity index (χ4n) is 2.06. The number of carbonyl (C=O) groups is 1. The van der Waals surface area contributed by atoms with Gasteiger partial charge < -0.3 is 4.57 Å². The van der Waals surface area contributed by atoms with Crippen molar-refractivity contribution >= 4 is 29.5 Å². The van der Waals surface area contributed by atoms with E-state index in [0.29, 0.717) is 28.6 Å². The number of rotatable bonds is 4. The Kier molecular flexibility index (Phi) is 4.63. The summed E-state index contributed by atoms with van der Waals surface area (Å²) in [5.74, 6) is 0. The third kappa shape index (κ3) is 2.79. The Balaban J connectivity index is 2.70. The molecule has 0 fully saturated rings. The van der Waals surface area contributed by atoms with Gasteiger partial charge >= 0.3 is 0 Å².